The van der Waals surface area contributed by atoms with E-state index in [4.69, 9.17) is 11.6 Å². The normalized spacial score (nSPS) is 16.6. The van der Waals surface area contributed by atoms with Crippen LogP contribution in [-0.4, -0.2) is 24.4 Å². The number of fused-ring (bicyclic) bond motifs is 1. The van der Waals surface area contributed by atoms with Crippen LogP contribution in [0.5, 0.6) is 0 Å². The Bertz CT molecular complexity index is 826. The van der Waals surface area contributed by atoms with Crippen LogP contribution in [0, 0.1) is 0 Å². The van der Waals surface area contributed by atoms with E-state index in [9.17, 15) is 4.79 Å². The second kappa shape index (κ2) is 7.03. The number of nitrogens with zero attached hydrogens (tertiary/aromatic N) is 1. The summed E-state index contributed by atoms with van der Waals surface area (Å²) in [7, 11) is 2.13. The van der Waals surface area contributed by atoms with Gasteiger partial charge < -0.3 is 10.2 Å². The Kier molecular flexibility index (Phi) is 4.98. The molecule has 1 aliphatic heterocycles. The third-order valence-electron chi connectivity index (χ3n) is 4.53. The molecular weight excluding hydrogens is 332 g/mol. The van der Waals surface area contributed by atoms with E-state index in [0.717, 1.165) is 24.3 Å². The van der Waals surface area contributed by atoms with Gasteiger partial charge in [-0.2, -0.15) is 0 Å². The van der Waals surface area contributed by atoms with Gasteiger partial charge in [-0.15, -0.1) is 0 Å². The predicted molar refractivity (Wildman–Crippen MR) is 105 cm³/mol. The molecule has 0 aromatic heterocycles. The van der Waals surface area contributed by atoms with Crippen LogP contribution >= 0.6 is 11.6 Å². The van der Waals surface area contributed by atoms with Crippen molar-refractivity contribution in [2.45, 2.75) is 25.8 Å². The highest BCUT2D eigenvalue weighted by Crippen LogP contribution is 2.34. The Morgan fingerprint density at radius 2 is 2.00 bits per heavy atom. The van der Waals surface area contributed by atoms with Crippen molar-refractivity contribution in [2.24, 2.45) is 0 Å². The number of anilines is 1. The van der Waals surface area contributed by atoms with Crippen molar-refractivity contribution in [3.8, 4) is 0 Å². The Morgan fingerprint density at radius 3 is 2.76 bits per heavy atom. The maximum atomic E-state index is 12.2. The fraction of sp³-hybridized carbons (Fsp3) is 0.286. The molecule has 0 bridgehead atoms. The fourth-order valence-electron chi connectivity index (χ4n) is 3.53. The van der Waals surface area contributed by atoms with Gasteiger partial charge in [0.1, 0.15) is 0 Å². The summed E-state index contributed by atoms with van der Waals surface area (Å²) in [5.74, 6) is -0.164. The van der Waals surface area contributed by atoms with Gasteiger partial charge in [-0.3, -0.25) is 4.79 Å². The zero-order valence-corrected chi connectivity index (χ0v) is 15.6. The van der Waals surface area contributed by atoms with E-state index in [2.05, 4.69) is 43.2 Å². The van der Waals surface area contributed by atoms with Crippen molar-refractivity contribution >= 4 is 29.3 Å². The first kappa shape index (κ1) is 17.7. The number of likely N-dealkylation sites (N-methyl/N-ethyl adjacent to an activating group) is 1. The first-order valence-corrected chi connectivity index (χ1v) is 8.78. The standard InChI is InChI=1S/C21H23ClN2O/c1-21(2)14-24(3)13-16-12-17(9-10-18(16)21)23-20(25)11-8-15-6-4-5-7-19(15)22/h4-12H,13-14H2,1-3H3,(H,23,25). The summed E-state index contributed by atoms with van der Waals surface area (Å²) in [5.41, 5.74) is 4.39. The molecule has 4 heteroatoms. The summed E-state index contributed by atoms with van der Waals surface area (Å²) < 4.78 is 0. The van der Waals surface area contributed by atoms with Crippen molar-refractivity contribution in [3.05, 3.63) is 70.3 Å². The molecule has 0 spiro atoms. The summed E-state index contributed by atoms with van der Waals surface area (Å²) in [6, 6.07) is 13.6. The number of carbonyl (C=O) groups is 1. The number of nitrogens with one attached hydrogen (secondary N) is 1. The van der Waals surface area contributed by atoms with E-state index in [1.165, 1.54) is 17.2 Å². The van der Waals surface area contributed by atoms with Gasteiger partial charge in [0.05, 0.1) is 0 Å². The minimum Gasteiger partial charge on any atom is -0.323 e. The van der Waals surface area contributed by atoms with Crippen LogP contribution in [0.25, 0.3) is 6.08 Å². The van der Waals surface area contributed by atoms with Gasteiger partial charge in [0.2, 0.25) is 5.91 Å². The average Bonchev–Trinajstić information content (AvgIpc) is 2.52. The van der Waals surface area contributed by atoms with Crippen LogP contribution in [0.3, 0.4) is 0 Å². The second-order valence-electron chi connectivity index (χ2n) is 7.27. The number of amides is 1. The first-order valence-electron chi connectivity index (χ1n) is 8.41. The summed E-state index contributed by atoms with van der Waals surface area (Å²) in [6.07, 6.45) is 3.24. The molecule has 130 valence electrons. The van der Waals surface area contributed by atoms with Crippen LogP contribution < -0.4 is 5.32 Å². The van der Waals surface area contributed by atoms with E-state index in [-0.39, 0.29) is 11.3 Å². The van der Waals surface area contributed by atoms with Gasteiger partial charge in [-0.05, 0) is 48.0 Å². The minimum absolute atomic E-state index is 0.120. The molecule has 2 aromatic carbocycles. The Labute approximate surface area is 154 Å². The summed E-state index contributed by atoms with van der Waals surface area (Å²) >= 11 is 6.10. The molecule has 2 aromatic rings. The van der Waals surface area contributed by atoms with Crippen LogP contribution in [0.4, 0.5) is 5.69 Å². The molecule has 1 heterocycles. The molecule has 0 aliphatic carbocycles. The molecule has 25 heavy (non-hydrogen) atoms. The fourth-order valence-corrected chi connectivity index (χ4v) is 3.73. The average molecular weight is 355 g/mol. The SMILES string of the molecule is CN1Cc2cc(NC(=O)C=Cc3ccccc3Cl)ccc2C(C)(C)C1. The number of hydrogen-bond acceptors (Lipinski definition) is 2. The van der Waals surface area contributed by atoms with Crippen LogP contribution in [-0.2, 0) is 16.8 Å². The highest BCUT2D eigenvalue weighted by Gasteiger charge is 2.30. The van der Waals surface area contributed by atoms with Crippen molar-refractivity contribution in [3.63, 3.8) is 0 Å². The lowest BCUT2D eigenvalue weighted by molar-refractivity contribution is -0.111. The molecule has 0 radical (unpaired) electrons. The maximum Gasteiger partial charge on any atom is 0.248 e. The number of benzene rings is 2. The molecule has 0 unspecified atom stereocenters. The summed E-state index contributed by atoms with van der Waals surface area (Å²) in [5, 5.41) is 3.57. The van der Waals surface area contributed by atoms with Crippen molar-refractivity contribution in [2.75, 3.05) is 18.9 Å². The smallest absolute Gasteiger partial charge is 0.248 e. The minimum atomic E-state index is -0.164. The molecule has 0 fully saturated rings. The molecule has 0 saturated carbocycles. The van der Waals surface area contributed by atoms with Gasteiger partial charge in [0, 0.05) is 35.3 Å². The van der Waals surface area contributed by atoms with Gasteiger partial charge in [0.15, 0.2) is 0 Å². The topological polar surface area (TPSA) is 32.3 Å². The molecule has 0 atom stereocenters. The molecule has 3 nitrogen and oxygen atoms in total. The predicted octanol–water partition coefficient (Wildman–Crippen LogP) is 4.71. The van der Waals surface area contributed by atoms with Gasteiger partial charge in [0.25, 0.3) is 0 Å². The second-order valence-corrected chi connectivity index (χ2v) is 7.68. The summed E-state index contributed by atoms with van der Waals surface area (Å²) in [4.78, 5) is 14.5. The molecule has 3 rings (SSSR count). The van der Waals surface area contributed by atoms with Crippen molar-refractivity contribution in [1.29, 1.82) is 0 Å². The van der Waals surface area contributed by atoms with Gasteiger partial charge >= 0.3 is 0 Å². The van der Waals surface area contributed by atoms with E-state index in [1.807, 2.05) is 24.3 Å². The van der Waals surface area contributed by atoms with Gasteiger partial charge in [-0.25, -0.2) is 0 Å². The summed E-state index contributed by atoms with van der Waals surface area (Å²) in [6.45, 7) is 6.45. The molecule has 1 N–H and O–H groups in total. The quantitative estimate of drug-likeness (QED) is 0.809. The molecule has 0 saturated heterocycles. The third kappa shape index (κ3) is 4.12. The van der Waals surface area contributed by atoms with E-state index >= 15 is 0 Å². The first-order chi connectivity index (χ1) is 11.8. The Morgan fingerprint density at radius 1 is 1.24 bits per heavy atom. The lowest BCUT2D eigenvalue weighted by atomic mass is 9.78. The highest BCUT2D eigenvalue weighted by molar-refractivity contribution is 6.32. The Balaban J connectivity index is 1.74. The monoisotopic (exact) mass is 354 g/mol. The van der Waals surface area contributed by atoms with Crippen molar-refractivity contribution in [1.82, 2.24) is 4.90 Å². The lowest BCUT2D eigenvalue weighted by Gasteiger charge is -2.38. The molecule has 1 aliphatic rings. The van der Waals surface area contributed by atoms with Crippen LogP contribution in [0.2, 0.25) is 5.02 Å². The molecular formula is C21H23ClN2O. The number of halogens is 1. The number of rotatable bonds is 3. The molecule has 1 amide bonds. The van der Waals surface area contributed by atoms with Gasteiger partial charge in [-0.1, -0.05) is 49.7 Å². The van der Waals surface area contributed by atoms with E-state index in [1.54, 1.807) is 12.1 Å². The maximum absolute atomic E-state index is 12.2. The largest absolute Gasteiger partial charge is 0.323 e. The zero-order chi connectivity index (χ0) is 18.0. The van der Waals surface area contributed by atoms with E-state index in [0.29, 0.717) is 5.02 Å². The highest BCUT2D eigenvalue weighted by atomic mass is 35.5. The van der Waals surface area contributed by atoms with E-state index < -0.39 is 0 Å². The Hall–Kier alpha value is -2.10. The van der Waals surface area contributed by atoms with Crippen LogP contribution in [0.1, 0.15) is 30.5 Å². The van der Waals surface area contributed by atoms with Crippen LogP contribution in [0.15, 0.2) is 48.5 Å². The van der Waals surface area contributed by atoms with Crippen molar-refractivity contribution < 1.29 is 4.79 Å². The zero-order valence-electron chi connectivity index (χ0n) is 14.8. The lowest BCUT2D eigenvalue weighted by Crippen LogP contribution is -2.39. The third-order valence-corrected chi connectivity index (χ3v) is 4.87. The number of carbonyl (C=O) groups excluding carboxylic acids is 1. The number of hydrogen-bond donors (Lipinski definition) is 1.